The van der Waals surface area contributed by atoms with Gasteiger partial charge in [-0.05, 0) is 37.0 Å². The summed E-state index contributed by atoms with van der Waals surface area (Å²) in [5.74, 6) is 0.594. The van der Waals surface area contributed by atoms with E-state index in [4.69, 9.17) is 9.84 Å². The Hall–Kier alpha value is -1.55. The highest BCUT2D eigenvalue weighted by molar-refractivity contribution is 5.80. The predicted molar refractivity (Wildman–Crippen MR) is 84.6 cm³/mol. The highest BCUT2D eigenvalue weighted by Gasteiger charge is 2.21. The van der Waals surface area contributed by atoms with Gasteiger partial charge >= 0.3 is 0 Å². The fourth-order valence-electron chi connectivity index (χ4n) is 2.09. The maximum absolute atomic E-state index is 12.2. The lowest BCUT2D eigenvalue weighted by Crippen LogP contribution is -2.41. The molecule has 1 rings (SSSR count). The van der Waals surface area contributed by atoms with Crippen LogP contribution in [0.1, 0.15) is 40.2 Å². The predicted octanol–water partition coefficient (Wildman–Crippen LogP) is 2.59. The van der Waals surface area contributed by atoms with Gasteiger partial charge in [-0.1, -0.05) is 32.9 Å². The molecule has 4 heteroatoms. The molecule has 0 spiro atoms. The summed E-state index contributed by atoms with van der Waals surface area (Å²) in [7, 11) is 0. The monoisotopic (exact) mass is 293 g/mol. The van der Waals surface area contributed by atoms with Gasteiger partial charge in [0, 0.05) is 13.1 Å². The smallest absolute Gasteiger partial charge is 0.263 e. The fraction of sp³-hybridized carbons (Fsp3) is 0.588. The van der Waals surface area contributed by atoms with Crippen LogP contribution in [0.4, 0.5) is 0 Å². The minimum atomic E-state index is -0.563. The first-order valence-electron chi connectivity index (χ1n) is 7.46. The first kappa shape index (κ1) is 17.5. The van der Waals surface area contributed by atoms with Crippen molar-refractivity contribution in [2.24, 2.45) is 0 Å². The zero-order valence-corrected chi connectivity index (χ0v) is 13.7. The fourth-order valence-corrected chi connectivity index (χ4v) is 2.09. The summed E-state index contributed by atoms with van der Waals surface area (Å²) in [5.41, 5.74) is 1.21. The molecule has 1 unspecified atom stereocenters. The second-order valence-electron chi connectivity index (χ2n) is 6.18. The van der Waals surface area contributed by atoms with Crippen LogP contribution in [0.3, 0.4) is 0 Å². The lowest BCUT2D eigenvalue weighted by molar-refractivity contribution is -0.138. The Morgan fingerprint density at radius 1 is 1.38 bits per heavy atom. The van der Waals surface area contributed by atoms with E-state index in [-0.39, 0.29) is 17.9 Å². The number of aliphatic hydroxyl groups is 1. The van der Waals surface area contributed by atoms with Crippen LogP contribution in [0.5, 0.6) is 5.75 Å². The Balaban J connectivity index is 2.79. The Morgan fingerprint density at radius 3 is 2.57 bits per heavy atom. The Morgan fingerprint density at radius 2 is 2.05 bits per heavy atom. The molecule has 4 nitrogen and oxygen atoms in total. The lowest BCUT2D eigenvalue weighted by atomic mass is 9.87. The van der Waals surface area contributed by atoms with E-state index in [0.717, 1.165) is 0 Å². The topological polar surface area (TPSA) is 49.8 Å². The maximum atomic E-state index is 12.2. The molecule has 1 atom stereocenters. The van der Waals surface area contributed by atoms with Crippen LogP contribution in [0.2, 0.25) is 0 Å². The number of ether oxygens (including phenoxy) is 1. The van der Waals surface area contributed by atoms with Crippen molar-refractivity contribution < 1.29 is 14.6 Å². The molecule has 0 aliphatic carbocycles. The highest BCUT2D eigenvalue weighted by Crippen LogP contribution is 2.26. The van der Waals surface area contributed by atoms with E-state index >= 15 is 0 Å². The van der Waals surface area contributed by atoms with Gasteiger partial charge in [0.2, 0.25) is 0 Å². The van der Waals surface area contributed by atoms with Crippen LogP contribution < -0.4 is 4.74 Å². The van der Waals surface area contributed by atoms with Gasteiger partial charge in [-0.3, -0.25) is 4.79 Å². The molecule has 1 N–H and O–H groups in total. The number of carbonyl (C=O) groups is 1. The summed E-state index contributed by atoms with van der Waals surface area (Å²) in [6, 6.07) is 7.84. The second kappa shape index (κ2) is 7.46. The number of aliphatic hydroxyl groups excluding tert-OH is 1. The summed E-state index contributed by atoms with van der Waals surface area (Å²) < 4.78 is 5.77. The molecule has 0 aromatic heterocycles. The molecule has 0 saturated carbocycles. The quantitative estimate of drug-likeness (QED) is 0.877. The van der Waals surface area contributed by atoms with Gasteiger partial charge in [0.05, 0.1) is 6.61 Å². The number of carbonyl (C=O) groups excluding carboxylic acids is 1. The third-order valence-corrected chi connectivity index (χ3v) is 3.42. The van der Waals surface area contributed by atoms with Crippen LogP contribution in [0.15, 0.2) is 24.3 Å². The van der Waals surface area contributed by atoms with Gasteiger partial charge in [-0.25, -0.2) is 0 Å². The number of benzene rings is 1. The average Bonchev–Trinajstić information content (AvgIpc) is 2.43. The van der Waals surface area contributed by atoms with Crippen molar-refractivity contribution in [2.75, 3.05) is 19.7 Å². The largest absolute Gasteiger partial charge is 0.481 e. The van der Waals surface area contributed by atoms with Gasteiger partial charge < -0.3 is 14.7 Å². The zero-order chi connectivity index (χ0) is 16.0. The van der Waals surface area contributed by atoms with Crippen LogP contribution >= 0.6 is 0 Å². The molecule has 0 aliphatic rings. The SMILES string of the molecule is CCN(CCO)C(=O)C(C)Oc1cccc(C(C)(C)C)c1. The third-order valence-electron chi connectivity index (χ3n) is 3.42. The summed E-state index contributed by atoms with van der Waals surface area (Å²) in [5, 5.41) is 8.98. The van der Waals surface area contributed by atoms with Crippen molar-refractivity contribution >= 4 is 5.91 Å². The van der Waals surface area contributed by atoms with E-state index in [0.29, 0.717) is 18.8 Å². The van der Waals surface area contributed by atoms with Crippen LogP contribution in [0.25, 0.3) is 0 Å². The normalized spacial score (nSPS) is 12.9. The van der Waals surface area contributed by atoms with Crippen molar-refractivity contribution in [1.29, 1.82) is 0 Å². The molecule has 0 bridgehead atoms. The minimum absolute atomic E-state index is 0.0359. The van der Waals surface area contributed by atoms with E-state index in [1.54, 1.807) is 11.8 Å². The van der Waals surface area contributed by atoms with Gasteiger partial charge in [-0.15, -0.1) is 0 Å². The van der Waals surface area contributed by atoms with Gasteiger partial charge in [-0.2, -0.15) is 0 Å². The molecule has 118 valence electrons. The summed E-state index contributed by atoms with van der Waals surface area (Å²) in [4.78, 5) is 13.8. The third kappa shape index (κ3) is 5.05. The van der Waals surface area contributed by atoms with E-state index in [9.17, 15) is 4.79 Å². The molecule has 0 saturated heterocycles. The molecular weight excluding hydrogens is 266 g/mol. The van der Waals surface area contributed by atoms with Crippen LogP contribution in [0, 0.1) is 0 Å². The van der Waals surface area contributed by atoms with Crippen molar-refractivity contribution in [1.82, 2.24) is 4.90 Å². The Bertz CT molecular complexity index is 465. The number of amides is 1. The van der Waals surface area contributed by atoms with E-state index in [1.807, 2.05) is 25.1 Å². The second-order valence-corrected chi connectivity index (χ2v) is 6.18. The zero-order valence-electron chi connectivity index (χ0n) is 13.7. The first-order chi connectivity index (χ1) is 9.79. The lowest BCUT2D eigenvalue weighted by Gasteiger charge is -2.25. The average molecular weight is 293 g/mol. The number of hydrogen-bond acceptors (Lipinski definition) is 3. The van der Waals surface area contributed by atoms with E-state index < -0.39 is 6.10 Å². The number of hydrogen-bond donors (Lipinski definition) is 1. The highest BCUT2D eigenvalue weighted by atomic mass is 16.5. The molecule has 1 amide bonds. The molecule has 0 aliphatic heterocycles. The number of likely N-dealkylation sites (N-methyl/N-ethyl adjacent to an activating group) is 1. The molecule has 21 heavy (non-hydrogen) atoms. The van der Waals surface area contributed by atoms with Crippen LogP contribution in [-0.4, -0.2) is 41.7 Å². The van der Waals surface area contributed by atoms with Crippen molar-refractivity contribution in [3.05, 3.63) is 29.8 Å². The van der Waals surface area contributed by atoms with Crippen molar-refractivity contribution in [2.45, 2.75) is 46.1 Å². The maximum Gasteiger partial charge on any atom is 0.263 e. The van der Waals surface area contributed by atoms with Gasteiger partial charge in [0.15, 0.2) is 6.10 Å². The molecular formula is C17H27NO3. The van der Waals surface area contributed by atoms with Crippen molar-refractivity contribution in [3.63, 3.8) is 0 Å². The molecule has 0 radical (unpaired) electrons. The van der Waals surface area contributed by atoms with Gasteiger partial charge in [0.1, 0.15) is 5.75 Å². The summed E-state index contributed by atoms with van der Waals surface area (Å²) in [6.07, 6.45) is -0.563. The summed E-state index contributed by atoms with van der Waals surface area (Å²) >= 11 is 0. The molecule has 1 aromatic carbocycles. The van der Waals surface area contributed by atoms with Crippen LogP contribution in [-0.2, 0) is 10.2 Å². The Labute approximate surface area is 127 Å². The summed E-state index contributed by atoms with van der Waals surface area (Å²) in [6.45, 7) is 10.9. The van der Waals surface area contributed by atoms with Gasteiger partial charge in [0.25, 0.3) is 5.91 Å². The molecule has 0 fully saturated rings. The number of rotatable bonds is 6. The molecule has 1 aromatic rings. The minimum Gasteiger partial charge on any atom is -0.481 e. The van der Waals surface area contributed by atoms with E-state index in [1.165, 1.54) is 5.56 Å². The molecule has 0 heterocycles. The van der Waals surface area contributed by atoms with E-state index in [2.05, 4.69) is 26.8 Å². The Kier molecular flexibility index (Phi) is 6.21. The number of nitrogens with zero attached hydrogens (tertiary/aromatic N) is 1. The first-order valence-corrected chi connectivity index (χ1v) is 7.46. The van der Waals surface area contributed by atoms with Crippen molar-refractivity contribution in [3.8, 4) is 5.75 Å². The standard InChI is InChI=1S/C17H27NO3/c1-6-18(10-11-19)16(20)13(2)21-15-9-7-8-14(12-15)17(3,4)5/h7-9,12-13,19H,6,10-11H2,1-5H3.